The molecule has 0 saturated heterocycles. The second-order valence-corrected chi connectivity index (χ2v) is 4.73. The van der Waals surface area contributed by atoms with Gasteiger partial charge in [-0.3, -0.25) is 14.4 Å². The largest absolute Gasteiger partial charge is 0.481 e. The fraction of sp³-hybridized carbons (Fsp3) is 0.267. The van der Waals surface area contributed by atoms with Crippen molar-refractivity contribution in [3.05, 3.63) is 47.5 Å². The number of rotatable bonds is 5. The normalized spacial score (nSPS) is 17.7. The molecule has 104 valence electrons. The zero-order valence-electron chi connectivity index (χ0n) is 10.8. The quantitative estimate of drug-likeness (QED) is 0.841. The molecule has 0 saturated carbocycles. The summed E-state index contributed by atoms with van der Waals surface area (Å²) in [5.41, 5.74) is 1.16. The first kappa shape index (κ1) is 14.0. The van der Waals surface area contributed by atoms with E-state index in [1.165, 1.54) is 0 Å². The van der Waals surface area contributed by atoms with E-state index < -0.39 is 12.0 Å². The molecule has 1 aromatic rings. The third-order valence-electron chi connectivity index (χ3n) is 3.06. The molecule has 1 aliphatic carbocycles. The highest BCUT2D eigenvalue weighted by atomic mass is 16.4. The van der Waals surface area contributed by atoms with Gasteiger partial charge in [-0.2, -0.15) is 0 Å². The minimum absolute atomic E-state index is 0.142. The Morgan fingerprint density at radius 2 is 1.90 bits per heavy atom. The van der Waals surface area contributed by atoms with Crippen LogP contribution >= 0.6 is 0 Å². The molecular formula is C15H15NO4. The van der Waals surface area contributed by atoms with Gasteiger partial charge in [-0.1, -0.05) is 36.4 Å². The Labute approximate surface area is 116 Å². The van der Waals surface area contributed by atoms with Gasteiger partial charge in [0.05, 0.1) is 18.9 Å². The average molecular weight is 273 g/mol. The first-order valence-corrected chi connectivity index (χ1v) is 6.33. The molecule has 0 bridgehead atoms. The van der Waals surface area contributed by atoms with Crippen LogP contribution in [0.25, 0.3) is 0 Å². The fourth-order valence-corrected chi connectivity index (χ4v) is 2.18. The van der Waals surface area contributed by atoms with Gasteiger partial charge in [-0.25, -0.2) is 0 Å². The Kier molecular flexibility index (Phi) is 4.30. The van der Waals surface area contributed by atoms with Gasteiger partial charge in [0.25, 0.3) is 0 Å². The van der Waals surface area contributed by atoms with Gasteiger partial charge in [0.1, 0.15) is 0 Å². The predicted octanol–water partition coefficient (Wildman–Crippen LogP) is 1.09. The number of ketones is 1. The summed E-state index contributed by atoms with van der Waals surface area (Å²) in [4.78, 5) is 34.0. The zero-order valence-corrected chi connectivity index (χ0v) is 10.8. The summed E-state index contributed by atoms with van der Waals surface area (Å²) in [6.07, 6.45) is 1.64. The molecule has 1 aliphatic rings. The van der Waals surface area contributed by atoms with Gasteiger partial charge in [-0.05, 0) is 5.56 Å². The van der Waals surface area contributed by atoms with Crippen molar-refractivity contribution in [2.24, 2.45) is 0 Å². The molecule has 1 atom stereocenters. The van der Waals surface area contributed by atoms with Gasteiger partial charge < -0.3 is 10.4 Å². The Morgan fingerprint density at radius 3 is 2.55 bits per heavy atom. The van der Waals surface area contributed by atoms with Crippen molar-refractivity contribution in [2.45, 2.75) is 25.3 Å². The fourth-order valence-electron chi connectivity index (χ4n) is 2.18. The predicted molar refractivity (Wildman–Crippen MR) is 72.0 cm³/mol. The monoisotopic (exact) mass is 273 g/mol. The second-order valence-electron chi connectivity index (χ2n) is 4.73. The van der Waals surface area contributed by atoms with E-state index >= 15 is 0 Å². The number of benzene rings is 1. The van der Waals surface area contributed by atoms with Gasteiger partial charge in [0.2, 0.25) is 5.91 Å². The lowest BCUT2D eigenvalue weighted by Gasteiger charge is -2.09. The molecule has 0 heterocycles. The highest BCUT2D eigenvalue weighted by Gasteiger charge is 2.26. The molecule has 0 spiro atoms. The SMILES string of the molecule is O=C(O)CC1=C[C@@H](NC(=O)Cc2ccccc2)CC1=O. The average Bonchev–Trinajstić information content (AvgIpc) is 2.69. The molecule has 5 heteroatoms. The van der Waals surface area contributed by atoms with Crippen LogP contribution < -0.4 is 5.32 Å². The molecule has 20 heavy (non-hydrogen) atoms. The Balaban J connectivity index is 1.91. The maximum absolute atomic E-state index is 11.8. The molecule has 2 rings (SSSR count). The number of Topliss-reactive ketones (excluding diaryl/α,β-unsaturated/α-hetero) is 1. The number of carbonyl (C=O) groups excluding carboxylic acids is 2. The maximum atomic E-state index is 11.8. The van der Waals surface area contributed by atoms with Crippen molar-refractivity contribution in [2.75, 3.05) is 0 Å². The summed E-state index contributed by atoms with van der Waals surface area (Å²) >= 11 is 0. The van der Waals surface area contributed by atoms with Gasteiger partial charge in [0, 0.05) is 12.0 Å². The molecule has 0 unspecified atom stereocenters. The van der Waals surface area contributed by atoms with Crippen molar-refractivity contribution in [3.8, 4) is 0 Å². The Bertz CT molecular complexity index is 562. The summed E-state index contributed by atoms with van der Waals surface area (Å²) in [5.74, 6) is -1.43. The van der Waals surface area contributed by atoms with E-state index in [2.05, 4.69) is 5.32 Å². The first-order chi connectivity index (χ1) is 9.54. The molecule has 0 radical (unpaired) electrons. The number of hydrogen-bond donors (Lipinski definition) is 2. The van der Waals surface area contributed by atoms with Crippen LogP contribution in [-0.2, 0) is 20.8 Å². The van der Waals surface area contributed by atoms with E-state index in [0.717, 1.165) is 5.56 Å². The van der Waals surface area contributed by atoms with Crippen LogP contribution in [0.2, 0.25) is 0 Å². The van der Waals surface area contributed by atoms with Crippen molar-refractivity contribution in [1.82, 2.24) is 5.32 Å². The van der Waals surface area contributed by atoms with Gasteiger partial charge in [0.15, 0.2) is 5.78 Å². The topological polar surface area (TPSA) is 83.5 Å². The molecule has 0 aromatic heterocycles. The molecule has 5 nitrogen and oxygen atoms in total. The lowest BCUT2D eigenvalue weighted by molar-refractivity contribution is -0.137. The third-order valence-corrected chi connectivity index (χ3v) is 3.06. The molecule has 0 fully saturated rings. The second kappa shape index (κ2) is 6.14. The molecule has 2 N–H and O–H groups in total. The van der Waals surface area contributed by atoms with Crippen LogP contribution in [0.1, 0.15) is 18.4 Å². The number of nitrogens with one attached hydrogen (secondary N) is 1. The van der Waals surface area contributed by atoms with E-state index in [-0.39, 0.29) is 36.5 Å². The molecule has 1 aromatic carbocycles. The summed E-state index contributed by atoms with van der Waals surface area (Å²) in [6, 6.07) is 8.89. The van der Waals surface area contributed by atoms with E-state index in [1.807, 2.05) is 30.3 Å². The number of amides is 1. The van der Waals surface area contributed by atoms with Crippen LogP contribution in [0, 0.1) is 0 Å². The van der Waals surface area contributed by atoms with Crippen LogP contribution in [0.3, 0.4) is 0 Å². The standard InChI is InChI=1S/C15H15NO4/c17-13-9-12(7-11(13)8-15(19)20)16-14(18)6-10-4-2-1-3-5-10/h1-5,7,12H,6,8-9H2,(H,16,18)(H,19,20)/t12-/m1/s1. The number of hydrogen-bond acceptors (Lipinski definition) is 3. The zero-order chi connectivity index (χ0) is 14.5. The van der Waals surface area contributed by atoms with E-state index in [9.17, 15) is 14.4 Å². The molecule has 0 aliphatic heterocycles. The lowest BCUT2D eigenvalue weighted by Crippen LogP contribution is -2.33. The number of carboxylic acid groups (broad SMARTS) is 1. The van der Waals surface area contributed by atoms with Crippen molar-refractivity contribution in [3.63, 3.8) is 0 Å². The number of carboxylic acids is 1. The van der Waals surface area contributed by atoms with Crippen LogP contribution in [0.5, 0.6) is 0 Å². The highest BCUT2D eigenvalue weighted by molar-refractivity contribution is 6.02. The number of aliphatic carboxylic acids is 1. The first-order valence-electron chi connectivity index (χ1n) is 6.33. The lowest BCUT2D eigenvalue weighted by atomic mass is 10.1. The van der Waals surface area contributed by atoms with E-state index in [0.29, 0.717) is 0 Å². The summed E-state index contributed by atoms with van der Waals surface area (Å²) in [5, 5.41) is 11.4. The molecular weight excluding hydrogens is 258 g/mol. The van der Waals surface area contributed by atoms with Crippen LogP contribution in [0.15, 0.2) is 42.0 Å². The third kappa shape index (κ3) is 3.78. The van der Waals surface area contributed by atoms with Crippen molar-refractivity contribution in [1.29, 1.82) is 0 Å². The summed E-state index contributed by atoms with van der Waals surface area (Å²) in [6.45, 7) is 0. The van der Waals surface area contributed by atoms with Crippen molar-refractivity contribution >= 4 is 17.7 Å². The minimum atomic E-state index is -1.04. The number of carbonyl (C=O) groups is 3. The van der Waals surface area contributed by atoms with E-state index in [1.54, 1.807) is 6.08 Å². The van der Waals surface area contributed by atoms with Crippen LogP contribution in [-0.4, -0.2) is 28.8 Å². The van der Waals surface area contributed by atoms with Crippen LogP contribution in [0.4, 0.5) is 0 Å². The van der Waals surface area contributed by atoms with E-state index in [4.69, 9.17) is 5.11 Å². The molecule has 1 amide bonds. The minimum Gasteiger partial charge on any atom is -0.481 e. The Morgan fingerprint density at radius 1 is 1.20 bits per heavy atom. The van der Waals surface area contributed by atoms with Gasteiger partial charge >= 0.3 is 5.97 Å². The Hall–Kier alpha value is -2.43. The maximum Gasteiger partial charge on any atom is 0.307 e. The summed E-state index contributed by atoms with van der Waals surface area (Å²) < 4.78 is 0. The summed E-state index contributed by atoms with van der Waals surface area (Å²) in [7, 11) is 0. The van der Waals surface area contributed by atoms with Crippen molar-refractivity contribution < 1.29 is 19.5 Å². The smallest absolute Gasteiger partial charge is 0.307 e. The van der Waals surface area contributed by atoms with Gasteiger partial charge in [-0.15, -0.1) is 0 Å². The highest BCUT2D eigenvalue weighted by Crippen LogP contribution is 2.18.